The van der Waals surface area contributed by atoms with Crippen molar-refractivity contribution < 1.29 is 29.0 Å². The number of carbonyl (C=O) groups is 1. The van der Waals surface area contributed by atoms with E-state index in [4.69, 9.17) is 14.2 Å². The summed E-state index contributed by atoms with van der Waals surface area (Å²) in [6, 6.07) is 9.15. The van der Waals surface area contributed by atoms with Crippen LogP contribution >= 0.6 is 0 Å². The molecule has 0 aromatic heterocycles. The molecule has 22 heavy (non-hydrogen) atoms. The van der Waals surface area contributed by atoms with E-state index in [-0.39, 0.29) is 6.61 Å². The fourth-order valence-electron chi connectivity index (χ4n) is 2.28. The fraction of sp³-hybridized carbons (Fsp3) is 0.500. The summed E-state index contributed by atoms with van der Waals surface area (Å²) in [7, 11) is 1.28. The highest BCUT2D eigenvalue weighted by molar-refractivity contribution is 5.77. The maximum absolute atomic E-state index is 11.5. The molecule has 0 saturated carbocycles. The van der Waals surface area contributed by atoms with Gasteiger partial charge in [0.1, 0.15) is 6.10 Å². The Morgan fingerprint density at radius 2 is 2.09 bits per heavy atom. The second kappa shape index (κ2) is 7.30. The third-order valence-corrected chi connectivity index (χ3v) is 3.41. The van der Waals surface area contributed by atoms with E-state index in [0.717, 1.165) is 5.56 Å². The maximum atomic E-state index is 11.5. The quantitative estimate of drug-likeness (QED) is 0.434. The Labute approximate surface area is 126 Å². The van der Waals surface area contributed by atoms with Crippen molar-refractivity contribution >= 4 is 5.97 Å². The van der Waals surface area contributed by atoms with E-state index in [1.807, 2.05) is 30.3 Å². The second-order valence-electron chi connectivity index (χ2n) is 4.90. The molecule has 0 bridgehead atoms. The fourth-order valence-corrected chi connectivity index (χ4v) is 2.28. The average Bonchev–Trinajstić information content (AvgIpc) is 2.79. The molecular weight excluding hydrogens is 294 g/mol. The molecule has 1 saturated heterocycles. The lowest BCUT2D eigenvalue weighted by Gasteiger charge is -2.24. The second-order valence-corrected chi connectivity index (χ2v) is 4.90. The number of nitrogens with zero attached hydrogens (tertiary/aromatic N) is 1. The Morgan fingerprint density at radius 1 is 1.41 bits per heavy atom. The Hall–Kier alpha value is -2.03. The van der Waals surface area contributed by atoms with Crippen molar-refractivity contribution in [1.82, 2.24) is 0 Å². The van der Waals surface area contributed by atoms with Gasteiger partial charge in [-0.1, -0.05) is 30.3 Å². The third-order valence-electron chi connectivity index (χ3n) is 3.41. The summed E-state index contributed by atoms with van der Waals surface area (Å²) in [5, 5.41) is 20.5. The number of ether oxygens (including phenoxy) is 3. The van der Waals surface area contributed by atoms with Crippen LogP contribution in [-0.4, -0.2) is 54.1 Å². The van der Waals surface area contributed by atoms with Crippen LogP contribution in [0, 0.1) is 10.1 Å². The third kappa shape index (κ3) is 3.79. The topological polar surface area (TPSA) is 108 Å². The highest BCUT2D eigenvalue weighted by atomic mass is 16.6. The molecular formula is C14H17NO7. The van der Waals surface area contributed by atoms with E-state index < -0.39 is 41.9 Å². The number of carbonyl (C=O) groups excluding carboxylic acids is 1. The zero-order valence-corrected chi connectivity index (χ0v) is 12.0. The van der Waals surface area contributed by atoms with E-state index >= 15 is 0 Å². The van der Waals surface area contributed by atoms with Gasteiger partial charge in [0.2, 0.25) is 6.54 Å². The minimum Gasteiger partial charge on any atom is -0.454 e. The minimum absolute atomic E-state index is 0.143. The monoisotopic (exact) mass is 311 g/mol. The summed E-state index contributed by atoms with van der Waals surface area (Å²) in [6.07, 6.45) is -4.52. The molecule has 2 rings (SSSR count). The molecule has 4 atom stereocenters. The number of esters is 1. The van der Waals surface area contributed by atoms with Gasteiger partial charge in [-0.25, -0.2) is 4.79 Å². The summed E-state index contributed by atoms with van der Waals surface area (Å²) >= 11 is 0. The number of aliphatic hydroxyl groups is 1. The van der Waals surface area contributed by atoms with Crippen LogP contribution in [0.1, 0.15) is 5.56 Å². The number of rotatable bonds is 7. The van der Waals surface area contributed by atoms with Gasteiger partial charge in [-0.3, -0.25) is 10.1 Å². The molecule has 1 N–H and O–H groups in total. The van der Waals surface area contributed by atoms with Crippen molar-refractivity contribution in [3.63, 3.8) is 0 Å². The minimum atomic E-state index is -1.49. The number of hydrogen-bond donors (Lipinski definition) is 1. The SMILES string of the molecule is CO[C@H](C[N+](=O)[O-])[C@H]1OC(=O)[C@H](O)[C@H]1OCc1ccccc1. The van der Waals surface area contributed by atoms with Crippen LogP contribution in [0.25, 0.3) is 0 Å². The first-order valence-corrected chi connectivity index (χ1v) is 6.71. The Kier molecular flexibility index (Phi) is 5.42. The molecule has 8 heteroatoms. The van der Waals surface area contributed by atoms with Crippen LogP contribution in [-0.2, 0) is 25.6 Å². The Bertz CT molecular complexity index is 521. The summed E-state index contributed by atoms with van der Waals surface area (Å²) in [6.45, 7) is -0.406. The van der Waals surface area contributed by atoms with E-state index in [2.05, 4.69) is 0 Å². The van der Waals surface area contributed by atoms with Gasteiger partial charge >= 0.3 is 5.97 Å². The average molecular weight is 311 g/mol. The predicted molar refractivity (Wildman–Crippen MR) is 73.6 cm³/mol. The van der Waals surface area contributed by atoms with Gasteiger partial charge in [0.05, 0.1) is 6.61 Å². The maximum Gasteiger partial charge on any atom is 0.338 e. The molecule has 120 valence electrons. The van der Waals surface area contributed by atoms with Crippen LogP contribution in [0.2, 0.25) is 0 Å². The molecule has 1 aromatic rings. The molecule has 0 spiro atoms. The predicted octanol–water partition coefficient (Wildman–Crippen LogP) is 0.150. The van der Waals surface area contributed by atoms with Gasteiger partial charge in [-0.05, 0) is 5.56 Å². The molecule has 0 radical (unpaired) electrons. The van der Waals surface area contributed by atoms with Crippen molar-refractivity contribution in [2.24, 2.45) is 0 Å². The number of aliphatic hydroxyl groups excluding tert-OH is 1. The molecule has 8 nitrogen and oxygen atoms in total. The van der Waals surface area contributed by atoms with E-state index in [0.29, 0.717) is 0 Å². The first kappa shape index (κ1) is 16.3. The largest absolute Gasteiger partial charge is 0.454 e. The highest BCUT2D eigenvalue weighted by Crippen LogP contribution is 2.24. The van der Waals surface area contributed by atoms with Crippen LogP contribution < -0.4 is 0 Å². The molecule has 1 aliphatic heterocycles. The van der Waals surface area contributed by atoms with Crippen molar-refractivity contribution in [2.45, 2.75) is 31.0 Å². The Balaban J connectivity index is 2.07. The first-order chi connectivity index (χ1) is 10.5. The summed E-state index contributed by atoms with van der Waals surface area (Å²) in [5.41, 5.74) is 0.844. The van der Waals surface area contributed by atoms with Gasteiger partial charge in [0.15, 0.2) is 18.3 Å². The summed E-state index contributed by atoms with van der Waals surface area (Å²) in [5.74, 6) is -0.867. The van der Waals surface area contributed by atoms with Gasteiger partial charge < -0.3 is 19.3 Å². The zero-order valence-electron chi connectivity index (χ0n) is 12.0. The van der Waals surface area contributed by atoms with E-state index in [1.54, 1.807) is 0 Å². The van der Waals surface area contributed by atoms with Gasteiger partial charge in [0, 0.05) is 12.0 Å². The Morgan fingerprint density at radius 3 is 2.68 bits per heavy atom. The molecule has 0 unspecified atom stereocenters. The summed E-state index contributed by atoms with van der Waals surface area (Å²) in [4.78, 5) is 21.6. The normalized spacial score (nSPS) is 25.7. The summed E-state index contributed by atoms with van der Waals surface area (Å²) < 4.78 is 15.5. The van der Waals surface area contributed by atoms with Crippen LogP contribution in [0.15, 0.2) is 30.3 Å². The smallest absolute Gasteiger partial charge is 0.338 e. The number of nitro groups is 1. The highest BCUT2D eigenvalue weighted by Gasteiger charge is 2.50. The number of cyclic esters (lactones) is 1. The van der Waals surface area contributed by atoms with Gasteiger partial charge in [-0.15, -0.1) is 0 Å². The lowest BCUT2D eigenvalue weighted by molar-refractivity contribution is -0.493. The van der Waals surface area contributed by atoms with Crippen LogP contribution in [0.5, 0.6) is 0 Å². The van der Waals surface area contributed by atoms with Crippen molar-refractivity contribution in [2.75, 3.05) is 13.7 Å². The zero-order chi connectivity index (χ0) is 16.1. The standard InChI is InChI=1S/C14H17NO7/c1-20-10(7-15(18)19)12-13(11(16)14(17)22-12)21-8-9-5-3-2-4-6-9/h2-6,10-13,16H,7-8H2,1H3/t10-,11-,12-,13-/m1/s1. The molecule has 1 aliphatic rings. The lowest BCUT2D eigenvalue weighted by Crippen LogP contribution is -2.44. The molecule has 0 amide bonds. The number of methoxy groups -OCH3 is 1. The number of benzene rings is 1. The molecule has 1 fully saturated rings. The van der Waals surface area contributed by atoms with Gasteiger partial charge in [0.25, 0.3) is 0 Å². The van der Waals surface area contributed by atoms with Crippen molar-refractivity contribution in [3.05, 3.63) is 46.0 Å². The molecule has 1 heterocycles. The molecule has 1 aromatic carbocycles. The van der Waals surface area contributed by atoms with E-state index in [1.165, 1.54) is 7.11 Å². The van der Waals surface area contributed by atoms with Crippen molar-refractivity contribution in [1.29, 1.82) is 0 Å². The first-order valence-electron chi connectivity index (χ1n) is 6.71. The molecule has 0 aliphatic carbocycles. The number of hydrogen-bond acceptors (Lipinski definition) is 7. The van der Waals surface area contributed by atoms with Crippen molar-refractivity contribution in [3.8, 4) is 0 Å². The lowest BCUT2D eigenvalue weighted by atomic mass is 10.1. The van der Waals surface area contributed by atoms with Gasteiger partial charge in [-0.2, -0.15) is 0 Å². The van der Waals surface area contributed by atoms with E-state index in [9.17, 15) is 20.0 Å². The van der Waals surface area contributed by atoms with Crippen LogP contribution in [0.4, 0.5) is 0 Å². The van der Waals surface area contributed by atoms with Crippen LogP contribution in [0.3, 0.4) is 0 Å².